The summed E-state index contributed by atoms with van der Waals surface area (Å²) in [6.45, 7) is 6.58. The van der Waals surface area contributed by atoms with Crippen molar-refractivity contribution in [3.63, 3.8) is 0 Å². The van der Waals surface area contributed by atoms with Gasteiger partial charge in [0.15, 0.2) is 0 Å². The number of likely N-dealkylation sites (tertiary alicyclic amines) is 1. The second-order valence-corrected chi connectivity index (χ2v) is 4.17. The molecule has 0 aromatic heterocycles. The summed E-state index contributed by atoms with van der Waals surface area (Å²) < 4.78 is 0. The molecule has 0 amide bonds. The highest BCUT2D eigenvalue weighted by Crippen LogP contribution is 2.18. The highest BCUT2D eigenvalue weighted by atomic mass is 16.2. The van der Waals surface area contributed by atoms with E-state index in [0.717, 1.165) is 12.3 Å². The minimum atomic E-state index is 0.363. The molecule has 2 nitrogen and oxygen atoms in total. The van der Waals surface area contributed by atoms with Crippen molar-refractivity contribution in [2.75, 3.05) is 26.2 Å². The summed E-state index contributed by atoms with van der Waals surface area (Å²) in [5.74, 6) is 0.984. The lowest BCUT2D eigenvalue weighted by Gasteiger charge is -2.38. The van der Waals surface area contributed by atoms with Crippen LogP contribution in [0.3, 0.4) is 0 Å². The topological polar surface area (TPSA) is 23.5 Å². The number of aliphatic hydroxyl groups excluding tert-OH is 1. The van der Waals surface area contributed by atoms with Gasteiger partial charge in [-0.3, -0.25) is 0 Å². The number of rotatable bonds is 7. The van der Waals surface area contributed by atoms with E-state index in [0.29, 0.717) is 6.61 Å². The van der Waals surface area contributed by atoms with E-state index in [1.54, 1.807) is 0 Å². The smallest absolute Gasteiger partial charge is 0.0431 e. The maximum atomic E-state index is 8.59. The summed E-state index contributed by atoms with van der Waals surface area (Å²) in [6.07, 6.45) is 6.13. The molecule has 0 aromatic carbocycles. The number of aliphatic hydroxyl groups is 1. The van der Waals surface area contributed by atoms with Gasteiger partial charge in [-0.25, -0.2) is 0 Å². The minimum absolute atomic E-state index is 0.363. The van der Waals surface area contributed by atoms with Gasteiger partial charge >= 0.3 is 0 Å². The number of nitrogens with zero attached hydrogens (tertiary/aromatic N) is 1. The first-order valence-corrected chi connectivity index (χ1v) is 5.70. The molecule has 2 heteroatoms. The molecule has 78 valence electrons. The van der Waals surface area contributed by atoms with Crippen molar-refractivity contribution in [3.05, 3.63) is 0 Å². The second kappa shape index (κ2) is 6.39. The normalized spacial score (nSPS) is 18.9. The average Bonchev–Trinajstić information content (AvgIpc) is 2.08. The van der Waals surface area contributed by atoms with Crippen LogP contribution in [0.5, 0.6) is 0 Å². The Kier molecular flexibility index (Phi) is 5.40. The molecule has 1 heterocycles. The zero-order valence-corrected chi connectivity index (χ0v) is 8.84. The second-order valence-electron chi connectivity index (χ2n) is 4.17. The fraction of sp³-hybridized carbons (Fsp3) is 1.00. The largest absolute Gasteiger partial charge is 0.396 e. The van der Waals surface area contributed by atoms with Gasteiger partial charge in [0.25, 0.3) is 0 Å². The molecule has 0 saturated carbocycles. The van der Waals surface area contributed by atoms with Crippen LogP contribution in [0.15, 0.2) is 0 Å². The van der Waals surface area contributed by atoms with E-state index in [2.05, 4.69) is 11.8 Å². The van der Waals surface area contributed by atoms with Gasteiger partial charge in [0, 0.05) is 19.7 Å². The number of hydrogen-bond donors (Lipinski definition) is 1. The Balaban J connectivity index is 1.80. The Morgan fingerprint density at radius 3 is 2.46 bits per heavy atom. The molecule has 0 unspecified atom stereocenters. The van der Waals surface area contributed by atoms with Gasteiger partial charge in [-0.05, 0) is 25.3 Å². The Bertz CT molecular complexity index is 121. The summed E-state index contributed by atoms with van der Waals surface area (Å²) in [5.41, 5.74) is 0. The molecule has 1 aliphatic rings. The lowest BCUT2D eigenvalue weighted by molar-refractivity contribution is 0.0955. The van der Waals surface area contributed by atoms with Crippen molar-refractivity contribution in [2.45, 2.75) is 39.0 Å². The Morgan fingerprint density at radius 2 is 1.85 bits per heavy atom. The predicted octanol–water partition coefficient (Wildman–Crippen LogP) is 1.88. The quantitative estimate of drug-likeness (QED) is 0.612. The van der Waals surface area contributed by atoms with Crippen molar-refractivity contribution in [1.29, 1.82) is 0 Å². The monoisotopic (exact) mass is 185 g/mol. The lowest BCUT2D eigenvalue weighted by Crippen LogP contribution is -2.46. The SMILES string of the molecule is CCC1CN(CCCCCCO)C1. The highest BCUT2D eigenvalue weighted by Gasteiger charge is 2.23. The van der Waals surface area contributed by atoms with Crippen LogP contribution in [-0.4, -0.2) is 36.2 Å². The standard InChI is InChI=1S/C11H23NO/c1-2-11-9-12(10-11)7-5-3-4-6-8-13/h11,13H,2-10H2,1H3. The molecule has 0 atom stereocenters. The van der Waals surface area contributed by atoms with Crippen molar-refractivity contribution in [3.8, 4) is 0 Å². The van der Waals surface area contributed by atoms with Crippen LogP contribution in [0.2, 0.25) is 0 Å². The Hall–Kier alpha value is -0.0800. The fourth-order valence-corrected chi connectivity index (χ4v) is 1.92. The lowest BCUT2D eigenvalue weighted by atomic mass is 9.97. The molecule has 0 aromatic rings. The molecule has 0 spiro atoms. The summed E-state index contributed by atoms with van der Waals surface area (Å²) >= 11 is 0. The first-order chi connectivity index (χ1) is 6.36. The average molecular weight is 185 g/mol. The van der Waals surface area contributed by atoms with Crippen molar-refractivity contribution in [1.82, 2.24) is 4.90 Å². The third kappa shape index (κ3) is 4.10. The molecule has 1 aliphatic heterocycles. The van der Waals surface area contributed by atoms with Gasteiger partial charge in [-0.15, -0.1) is 0 Å². The molecule has 1 N–H and O–H groups in total. The van der Waals surface area contributed by atoms with Gasteiger partial charge < -0.3 is 10.0 Å². The zero-order valence-electron chi connectivity index (χ0n) is 8.84. The highest BCUT2D eigenvalue weighted by molar-refractivity contribution is 4.77. The van der Waals surface area contributed by atoms with Crippen molar-refractivity contribution >= 4 is 0 Å². The molecule has 0 aliphatic carbocycles. The molecular weight excluding hydrogens is 162 g/mol. The van der Waals surface area contributed by atoms with E-state index in [-0.39, 0.29) is 0 Å². The van der Waals surface area contributed by atoms with Crippen LogP contribution in [0.1, 0.15) is 39.0 Å². The third-order valence-electron chi connectivity index (χ3n) is 2.99. The van der Waals surface area contributed by atoms with Gasteiger partial charge in [0.05, 0.1) is 0 Å². The van der Waals surface area contributed by atoms with Crippen LogP contribution < -0.4 is 0 Å². The van der Waals surface area contributed by atoms with Crippen molar-refractivity contribution < 1.29 is 5.11 Å². The van der Waals surface area contributed by atoms with E-state index in [4.69, 9.17) is 5.11 Å². The molecule has 1 fully saturated rings. The predicted molar refractivity (Wildman–Crippen MR) is 55.8 cm³/mol. The van der Waals surface area contributed by atoms with Gasteiger partial charge in [0.1, 0.15) is 0 Å². The molecule has 0 radical (unpaired) electrons. The van der Waals surface area contributed by atoms with Crippen molar-refractivity contribution in [2.24, 2.45) is 5.92 Å². The summed E-state index contributed by atoms with van der Waals surface area (Å²) in [4.78, 5) is 2.55. The summed E-state index contributed by atoms with van der Waals surface area (Å²) in [7, 11) is 0. The fourth-order valence-electron chi connectivity index (χ4n) is 1.92. The first kappa shape index (κ1) is 11.0. The maximum Gasteiger partial charge on any atom is 0.0431 e. The van der Waals surface area contributed by atoms with Crippen LogP contribution >= 0.6 is 0 Å². The van der Waals surface area contributed by atoms with Crippen LogP contribution in [0.4, 0.5) is 0 Å². The zero-order chi connectivity index (χ0) is 9.52. The van der Waals surface area contributed by atoms with Gasteiger partial charge in [-0.1, -0.05) is 26.2 Å². The minimum Gasteiger partial charge on any atom is -0.396 e. The summed E-state index contributed by atoms with van der Waals surface area (Å²) in [6, 6.07) is 0. The Morgan fingerprint density at radius 1 is 1.15 bits per heavy atom. The van der Waals surface area contributed by atoms with Gasteiger partial charge in [-0.2, -0.15) is 0 Å². The molecule has 13 heavy (non-hydrogen) atoms. The van der Waals surface area contributed by atoms with Crippen LogP contribution in [0, 0.1) is 5.92 Å². The summed E-state index contributed by atoms with van der Waals surface area (Å²) in [5, 5.41) is 8.59. The van der Waals surface area contributed by atoms with E-state index < -0.39 is 0 Å². The number of hydrogen-bond acceptors (Lipinski definition) is 2. The number of unbranched alkanes of at least 4 members (excludes halogenated alkanes) is 3. The van der Waals surface area contributed by atoms with E-state index in [1.165, 1.54) is 45.3 Å². The molecule has 0 bridgehead atoms. The third-order valence-corrected chi connectivity index (χ3v) is 2.99. The van der Waals surface area contributed by atoms with E-state index >= 15 is 0 Å². The van der Waals surface area contributed by atoms with E-state index in [9.17, 15) is 0 Å². The van der Waals surface area contributed by atoms with Gasteiger partial charge in [0.2, 0.25) is 0 Å². The van der Waals surface area contributed by atoms with Crippen LogP contribution in [0.25, 0.3) is 0 Å². The van der Waals surface area contributed by atoms with E-state index in [1.807, 2.05) is 0 Å². The molecular formula is C11H23NO. The Labute approximate surface area is 81.9 Å². The molecule has 1 rings (SSSR count). The maximum absolute atomic E-state index is 8.59. The molecule has 1 saturated heterocycles. The van der Waals surface area contributed by atoms with Crippen LogP contribution in [-0.2, 0) is 0 Å². The first-order valence-electron chi connectivity index (χ1n) is 5.70.